The number of phenols is 1. The van der Waals surface area contributed by atoms with Gasteiger partial charge in [-0.3, -0.25) is 0 Å². The molecule has 0 spiro atoms. The van der Waals surface area contributed by atoms with Crippen LogP contribution in [0.1, 0.15) is 62.6 Å². The van der Waals surface area contributed by atoms with Gasteiger partial charge in [-0.2, -0.15) is 0 Å². The van der Waals surface area contributed by atoms with Gasteiger partial charge in [0.25, 0.3) is 0 Å². The van der Waals surface area contributed by atoms with Gasteiger partial charge in [0.1, 0.15) is 11.5 Å². The van der Waals surface area contributed by atoms with Crippen molar-refractivity contribution in [1.82, 2.24) is 0 Å². The Hall–Kier alpha value is -2.00. The second-order valence-corrected chi connectivity index (χ2v) is 7.53. The molecule has 0 aromatic heterocycles. The van der Waals surface area contributed by atoms with Crippen molar-refractivity contribution in [3.05, 3.63) is 64.2 Å². The Balaban J connectivity index is 2.06. The maximum atomic E-state index is 10.2. The molecule has 2 N–H and O–H groups in total. The normalized spacial score (nSPS) is 11.9. The Labute approximate surface area is 161 Å². The fraction of sp³-hybridized carbons (Fsp3) is 0.409. The van der Waals surface area contributed by atoms with E-state index in [1.165, 1.54) is 25.7 Å². The minimum atomic E-state index is 0.0819. The van der Waals surface area contributed by atoms with Crippen LogP contribution < -0.4 is 0 Å². The lowest BCUT2D eigenvalue weighted by molar-refractivity contribution is 0.319. The smallest absolute Gasteiger partial charge is 0.125 e. The number of rotatable bonds is 9. The second-order valence-electron chi connectivity index (χ2n) is 7.13. The first-order chi connectivity index (χ1) is 12.5. The van der Waals surface area contributed by atoms with Crippen molar-refractivity contribution in [2.45, 2.75) is 52.4 Å². The summed E-state index contributed by atoms with van der Waals surface area (Å²) in [7, 11) is 0. The first-order valence-electron chi connectivity index (χ1n) is 9.32. The lowest BCUT2D eigenvalue weighted by atomic mass is 9.97. The number of unbranched alkanes of at least 4 members (excludes halogenated alkanes) is 3. The van der Waals surface area contributed by atoms with E-state index in [0.29, 0.717) is 16.1 Å². The van der Waals surface area contributed by atoms with Crippen molar-refractivity contribution in [2.24, 2.45) is 11.1 Å². The molecule has 0 aliphatic rings. The van der Waals surface area contributed by atoms with Crippen LogP contribution in [-0.2, 0) is 6.42 Å². The lowest BCUT2D eigenvalue weighted by Crippen LogP contribution is -2.05. The minimum absolute atomic E-state index is 0.0819. The predicted molar refractivity (Wildman–Crippen MR) is 109 cm³/mol. The number of aromatic hydroxyl groups is 1. The van der Waals surface area contributed by atoms with E-state index in [1.54, 1.807) is 18.2 Å². The molecule has 2 aromatic carbocycles. The molecule has 0 radical (unpaired) electrons. The zero-order chi connectivity index (χ0) is 18.9. The molecule has 140 valence electrons. The molecule has 4 heteroatoms. The summed E-state index contributed by atoms with van der Waals surface area (Å²) in [5.74, 6) is 0.856. The molecule has 0 bridgehead atoms. The average molecular weight is 374 g/mol. The molecule has 0 aliphatic heterocycles. The Bertz CT molecular complexity index is 741. The maximum Gasteiger partial charge on any atom is 0.125 e. The fourth-order valence-corrected chi connectivity index (χ4v) is 3.29. The van der Waals surface area contributed by atoms with Crippen molar-refractivity contribution < 1.29 is 10.3 Å². The molecule has 0 aliphatic carbocycles. The molecular weight excluding hydrogens is 346 g/mol. The summed E-state index contributed by atoms with van der Waals surface area (Å²) in [6, 6.07) is 12.6. The van der Waals surface area contributed by atoms with Crippen LogP contribution in [0.25, 0.3) is 0 Å². The highest BCUT2D eigenvalue weighted by molar-refractivity contribution is 6.35. The molecule has 0 heterocycles. The van der Waals surface area contributed by atoms with Crippen LogP contribution >= 0.6 is 11.6 Å². The van der Waals surface area contributed by atoms with E-state index in [0.717, 1.165) is 24.3 Å². The van der Waals surface area contributed by atoms with Gasteiger partial charge in [-0.05, 0) is 42.5 Å². The monoisotopic (exact) mass is 373 g/mol. The van der Waals surface area contributed by atoms with Gasteiger partial charge in [0.05, 0.1) is 5.02 Å². The van der Waals surface area contributed by atoms with Crippen LogP contribution in [-0.4, -0.2) is 16.0 Å². The maximum absolute atomic E-state index is 10.2. The topological polar surface area (TPSA) is 52.8 Å². The zero-order valence-electron chi connectivity index (χ0n) is 15.6. The highest BCUT2D eigenvalue weighted by Gasteiger charge is 2.15. The predicted octanol–water partition coefficient (Wildman–Crippen LogP) is 6.42. The van der Waals surface area contributed by atoms with Crippen molar-refractivity contribution in [3.8, 4) is 5.75 Å². The summed E-state index contributed by atoms with van der Waals surface area (Å²) in [4.78, 5) is 0. The molecule has 0 unspecified atom stereocenters. The van der Waals surface area contributed by atoms with Crippen LogP contribution in [0.2, 0.25) is 5.02 Å². The molecule has 0 amide bonds. The van der Waals surface area contributed by atoms with Gasteiger partial charge in [0.2, 0.25) is 0 Å². The first-order valence-corrected chi connectivity index (χ1v) is 9.70. The van der Waals surface area contributed by atoms with Crippen LogP contribution in [0.3, 0.4) is 0 Å². The molecule has 2 rings (SSSR count). The lowest BCUT2D eigenvalue weighted by Gasteiger charge is -2.11. The van der Waals surface area contributed by atoms with Crippen molar-refractivity contribution in [3.63, 3.8) is 0 Å². The Morgan fingerprint density at radius 1 is 1.00 bits per heavy atom. The van der Waals surface area contributed by atoms with E-state index in [2.05, 4.69) is 19.0 Å². The molecule has 0 saturated carbocycles. The van der Waals surface area contributed by atoms with E-state index in [1.807, 2.05) is 24.3 Å². The molecule has 0 atom stereocenters. The standard InChI is InChI=1S/C22H28ClNO2/c1-16(2)9-5-3-4-6-10-17-13-14-21(25)19(15-17)22(24-26)18-11-7-8-12-20(18)23/h7-8,11-16,25-26H,3-6,9-10H2,1-2H3/b24-22+. The first kappa shape index (κ1) is 20.3. The number of phenolic OH excluding ortho intramolecular Hbond substituents is 1. The summed E-state index contributed by atoms with van der Waals surface area (Å²) in [6.45, 7) is 4.52. The average Bonchev–Trinajstić information content (AvgIpc) is 2.62. The van der Waals surface area contributed by atoms with Crippen LogP contribution in [0.4, 0.5) is 0 Å². The second kappa shape index (κ2) is 10.2. The minimum Gasteiger partial charge on any atom is -0.507 e. The number of nitrogens with zero attached hydrogens (tertiary/aromatic N) is 1. The van der Waals surface area contributed by atoms with Crippen molar-refractivity contribution >= 4 is 17.3 Å². The van der Waals surface area contributed by atoms with Gasteiger partial charge >= 0.3 is 0 Å². The number of halogens is 1. The SMILES string of the molecule is CC(C)CCCCCCc1ccc(O)c(/C(=N/O)c2ccccc2Cl)c1. The third kappa shape index (κ3) is 5.77. The third-order valence-electron chi connectivity index (χ3n) is 4.54. The number of hydrogen-bond donors (Lipinski definition) is 2. The molecule has 3 nitrogen and oxygen atoms in total. The van der Waals surface area contributed by atoms with Crippen LogP contribution in [0.15, 0.2) is 47.6 Å². The van der Waals surface area contributed by atoms with Gasteiger partial charge < -0.3 is 10.3 Å². The zero-order valence-corrected chi connectivity index (χ0v) is 16.3. The summed E-state index contributed by atoms with van der Waals surface area (Å²) in [5.41, 5.74) is 2.50. The van der Waals surface area contributed by atoms with Crippen molar-refractivity contribution in [2.75, 3.05) is 0 Å². The summed E-state index contributed by atoms with van der Waals surface area (Å²) < 4.78 is 0. The van der Waals surface area contributed by atoms with Gasteiger partial charge in [0.15, 0.2) is 0 Å². The number of hydrogen-bond acceptors (Lipinski definition) is 3. The summed E-state index contributed by atoms with van der Waals surface area (Å²) in [6.07, 6.45) is 7.08. The molecular formula is C22H28ClNO2. The number of aryl methyl sites for hydroxylation is 1. The molecule has 0 saturated heterocycles. The van der Waals surface area contributed by atoms with E-state index in [-0.39, 0.29) is 11.5 Å². The van der Waals surface area contributed by atoms with E-state index >= 15 is 0 Å². The molecule has 26 heavy (non-hydrogen) atoms. The van der Waals surface area contributed by atoms with Gasteiger partial charge in [-0.15, -0.1) is 0 Å². The Morgan fingerprint density at radius 2 is 1.73 bits per heavy atom. The van der Waals surface area contributed by atoms with Crippen LogP contribution in [0, 0.1) is 5.92 Å². The third-order valence-corrected chi connectivity index (χ3v) is 4.87. The molecule has 2 aromatic rings. The van der Waals surface area contributed by atoms with E-state index in [9.17, 15) is 10.3 Å². The Kier molecular flexibility index (Phi) is 7.99. The van der Waals surface area contributed by atoms with Gasteiger partial charge in [0, 0.05) is 11.1 Å². The quantitative estimate of drug-likeness (QED) is 0.230. The Morgan fingerprint density at radius 3 is 2.42 bits per heavy atom. The number of oxime groups is 1. The summed E-state index contributed by atoms with van der Waals surface area (Å²) in [5, 5.41) is 23.6. The van der Waals surface area contributed by atoms with E-state index in [4.69, 9.17) is 11.6 Å². The molecule has 0 fully saturated rings. The highest BCUT2D eigenvalue weighted by Crippen LogP contribution is 2.27. The van der Waals surface area contributed by atoms with Gasteiger partial charge in [-0.25, -0.2) is 0 Å². The van der Waals surface area contributed by atoms with Crippen LogP contribution in [0.5, 0.6) is 5.75 Å². The summed E-state index contributed by atoms with van der Waals surface area (Å²) >= 11 is 6.22. The largest absolute Gasteiger partial charge is 0.507 e. The highest BCUT2D eigenvalue weighted by atomic mass is 35.5. The van der Waals surface area contributed by atoms with Gasteiger partial charge in [-0.1, -0.05) is 80.6 Å². The number of benzene rings is 2. The van der Waals surface area contributed by atoms with Crippen molar-refractivity contribution in [1.29, 1.82) is 0 Å². The van der Waals surface area contributed by atoms with E-state index < -0.39 is 0 Å². The fourth-order valence-electron chi connectivity index (χ4n) is 3.07.